The molecule has 0 N–H and O–H groups in total. The van der Waals surface area contributed by atoms with Gasteiger partial charge >= 0.3 is 23.9 Å². The van der Waals surface area contributed by atoms with Crippen molar-refractivity contribution in [2.45, 2.75) is 37.9 Å². The Morgan fingerprint density at radius 3 is 1.90 bits per heavy atom. The fraction of sp³-hybridized carbons (Fsp3) is 0.448. The Bertz CT molecular complexity index is 1180. The zero-order chi connectivity index (χ0) is 28.7. The SMILES string of the molecule is CC(=O)OC1O[C@@](COC(=O)c2ccccc2)(CN2CCN(C)CC2)[C@H](OC(=O)c2ccccc2)[C@H]1OC(C)=O. The lowest BCUT2D eigenvalue weighted by Crippen LogP contribution is -2.59. The molecule has 0 aliphatic carbocycles. The predicted octanol–water partition coefficient (Wildman–Crippen LogP) is 1.91. The van der Waals surface area contributed by atoms with Gasteiger partial charge in [-0.05, 0) is 31.3 Å². The normalized spacial score (nSPS) is 25.1. The average Bonchev–Trinajstić information content (AvgIpc) is 3.19. The Kier molecular flexibility index (Phi) is 9.51. The molecule has 0 aromatic heterocycles. The number of rotatable bonds is 9. The monoisotopic (exact) mass is 554 g/mol. The maximum atomic E-state index is 13.3. The van der Waals surface area contributed by atoms with Crippen LogP contribution < -0.4 is 0 Å². The van der Waals surface area contributed by atoms with E-state index in [1.54, 1.807) is 60.7 Å². The van der Waals surface area contributed by atoms with Gasteiger partial charge in [0.15, 0.2) is 11.7 Å². The van der Waals surface area contributed by atoms with Crippen molar-refractivity contribution in [2.75, 3.05) is 46.4 Å². The molecule has 0 amide bonds. The molecule has 1 unspecified atom stereocenters. The third-order valence-corrected chi connectivity index (χ3v) is 6.81. The van der Waals surface area contributed by atoms with Crippen molar-refractivity contribution >= 4 is 23.9 Å². The molecule has 0 bridgehead atoms. The van der Waals surface area contributed by atoms with Crippen LogP contribution in [0.25, 0.3) is 0 Å². The predicted molar refractivity (Wildman–Crippen MR) is 141 cm³/mol. The third-order valence-electron chi connectivity index (χ3n) is 6.81. The van der Waals surface area contributed by atoms with Crippen LogP contribution in [-0.2, 0) is 33.3 Å². The van der Waals surface area contributed by atoms with E-state index in [2.05, 4.69) is 9.80 Å². The lowest BCUT2D eigenvalue weighted by Gasteiger charge is -2.40. The third kappa shape index (κ3) is 7.23. The minimum atomic E-state index is -1.54. The van der Waals surface area contributed by atoms with Gasteiger partial charge in [0, 0.05) is 46.6 Å². The second-order valence-corrected chi connectivity index (χ2v) is 9.95. The quantitative estimate of drug-likeness (QED) is 0.334. The summed E-state index contributed by atoms with van der Waals surface area (Å²) in [6.45, 7) is 5.02. The molecule has 2 aromatic rings. The summed E-state index contributed by atoms with van der Waals surface area (Å²) < 4.78 is 29.0. The van der Waals surface area contributed by atoms with Crippen LogP contribution in [0.1, 0.15) is 34.6 Å². The van der Waals surface area contributed by atoms with Gasteiger partial charge in [0.05, 0.1) is 11.1 Å². The van der Waals surface area contributed by atoms with Crippen LogP contribution in [0.4, 0.5) is 0 Å². The summed E-state index contributed by atoms with van der Waals surface area (Å²) in [7, 11) is 2.01. The van der Waals surface area contributed by atoms with Crippen molar-refractivity contribution in [2.24, 2.45) is 0 Å². The maximum Gasteiger partial charge on any atom is 0.338 e. The molecule has 2 aromatic carbocycles. The molecule has 11 nitrogen and oxygen atoms in total. The highest BCUT2D eigenvalue weighted by Gasteiger charge is 2.62. The summed E-state index contributed by atoms with van der Waals surface area (Å²) in [6, 6.07) is 16.7. The summed E-state index contributed by atoms with van der Waals surface area (Å²) >= 11 is 0. The fourth-order valence-electron chi connectivity index (χ4n) is 4.82. The first-order valence-electron chi connectivity index (χ1n) is 13.1. The number of likely N-dealkylation sites (N-methyl/N-ethyl adjacent to an activating group) is 1. The Morgan fingerprint density at radius 2 is 1.35 bits per heavy atom. The molecule has 2 saturated heterocycles. The van der Waals surface area contributed by atoms with Crippen LogP contribution in [-0.4, -0.2) is 104 Å². The molecule has 2 fully saturated rings. The van der Waals surface area contributed by atoms with Gasteiger partial charge in [-0.15, -0.1) is 0 Å². The number of ether oxygens (including phenoxy) is 5. The highest BCUT2D eigenvalue weighted by atomic mass is 16.8. The maximum absolute atomic E-state index is 13.3. The molecule has 4 atom stereocenters. The average molecular weight is 555 g/mol. The number of hydrogen-bond donors (Lipinski definition) is 0. The lowest BCUT2D eigenvalue weighted by molar-refractivity contribution is -0.211. The van der Waals surface area contributed by atoms with Crippen molar-refractivity contribution in [3.8, 4) is 0 Å². The smallest absolute Gasteiger partial charge is 0.338 e. The van der Waals surface area contributed by atoms with E-state index in [0.717, 1.165) is 13.1 Å². The number of benzene rings is 2. The molecule has 0 saturated carbocycles. The van der Waals surface area contributed by atoms with Crippen molar-refractivity contribution in [1.82, 2.24) is 9.80 Å². The Morgan fingerprint density at radius 1 is 0.800 bits per heavy atom. The largest absolute Gasteiger partial charge is 0.459 e. The van der Waals surface area contributed by atoms with Crippen LogP contribution >= 0.6 is 0 Å². The summed E-state index contributed by atoms with van der Waals surface area (Å²) in [4.78, 5) is 54.7. The van der Waals surface area contributed by atoms with Gasteiger partial charge in [0.1, 0.15) is 6.61 Å². The summed E-state index contributed by atoms with van der Waals surface area (Å²) in [5.74, 6) is -2.70. The Labute approximate surface area is 232 Å². The van der Waals surface area contributed by atoms with Crippen molar-refractivity contribution in [1.29, 1.82) is 0 Å². The van der Waals surface area contributed by atoms with Gasteiger partial charge in [-0.1, -0.05) is 36.4 Å². The molecule has 2 heterocycles. The first-order valence-corrected chi connectivity index (χ1v) is 13.1. The fourth-order valence-corrected chi connectivity index (χ4v) is 4.82. The summed E-state index contributed by atoms with van der Waals surface area (Å²) in [5.41, 5.74) is -0.957. The molecule has 2 aliphatic heterocycles. The van der Waals surface area contributed by atoms with E-state index < -0.39 is 48.0 Å². The molecular formula is C29H34N2O9. The molecular weight excluding hydrogens is 520 g/mol. The highest BCUT2D eigenvalue weighted by Crippen LogP contribution is 2.38. The van der Waals surface area contributed by atoms with Gasteiger partial charge in [-0.25, -0.2) is 9.59 Å². The number of carbonyl (C=O) groups is 4. The van der Waals surface area contributed by atoms with Gasteiger partial charge < -0.3 is 28.6 Å². The van der Waals surface area contributed by atoms with Gasteiger partial charge in [-0.3, -0.25) is 14.5 Å². The molecule has 11 heteroatoms. The van der Waals surface area contributed by atoms with E-state index in [9.17, 15) is 19.2 Å². The zero-order valence-electron chi connectivity index (χ0n) is 22.8. The van der Waals surface area contributed by atoms with E-state index in [-0.39, 0.29) is 18.7 Å². The summed E-state index contributed by atoms with van der Waals surface area (Å²) in [5, 5.41) is 0. The standard InChI is InChI=1S/C29H34N2O9/c1-20(32)37-24-25(39-27(35)23-12-8-5-9-13-23)29(40-28(24)38-21(2)33,18-31-16-14-30(3)15-17-31)19-36-26(34)22-10-6-4-7-11-22/h4-13,24-25,28H,14-19H2,1-3H3/t24-,25-,28?,29-/m1/s1. The van der Waals surface area contributed by atoms with E-state index in [0.29, 0.717) is 18.7 Å². The van der Waals surface area contributed by atoms with Crippen LogP contribution in [0.3, 0.4) is 0 Å². The number of nitrogens with zero attached hydrogens (tertiary/aromatic N) is 2. The van der Waals surface area contributed by atoms with Gasteiger partial charge in [-0.2, -0.15) is 0 Å². The zero-order valence-corrected chi connectivity index (χ0v) is 22.8. The molecule has 214 valence electrons. The summed E-state index contributed by atoms with van der Waals surface area (Å²) in [6.07, 6.45) is -3.99. The van der Waals surface area contributed by atoms with Crippen LogP contribution in [0.15, 0.2) is 60.7 Å². The minimum absolute atomic E-state index is 0.144. The number of hydrogen-bond acceptors (Lipinski definition) is 11. The first-order chi connectivity index (χ1) is 19.2. The molecule has 4 rings (SSSR count). The van der Waals surface area contributed by atoms with Crippen LogP contribution in [0.2, 0.25) is 0 Å². The van der Waals surface area contributed by atoms with Crippen molar-refractivity contribution < 1.29 is 42.9 Å². The van der Waals surface area contributed by atoms with Crippen molar-refractivity contribution in [3.63, 3.8) is 0 Å². The first kappa shape index (κ1) is 29.2. The number of esters is 4. The molecule has 40 heavy (non-hydrogen) atoms. The molecule has 0 spiro atoms. The number of carbonyl (C=O) groups excluding carboxylic acids is 4. The Hall–Kier alpha value is -3.80. The topological polar surface area (TPSA) is 121 Å². The Balaban J connectivity index is 1.72. The second-order valence-electron chi connectivity index (χ2n) is 9.95. The van der Waals surface area contributed by atoms with E-state index in [4.69, 9.17) is 23.7 Å². The van der Waals surface area contributed by atoms with Crippen molar-refractivity contribution in [3.05, 3.63) is 71.8 Å². The van der Waals surface area contributed by atoms with E-state index in [1.165, 1.54) is 13.8 Å². The van der Waals surface area contributed by atoms with Gasteiger partial charge in [0.2, 0.25) is 12.4 Å². The lowest BCUT2D eigenvalue weighted by atomic mass is 9.94. The molecule has 0 radical (unpaired) electrons. The number of piperazine rings is 1. The molecule has 2 aliphatic rings. The van der Waals surface area contributed by atoms with E-state index in [1.807, 2.05) is 7.05 Å². The highest BCUT2D eigenvalue weighted by molar-refractivity contribution is 5.90. The second kappa shape index (κ2) is 13.0. The van der Waals surface area contributed by atoms with Gasteiger partial charge in [0.25, 0.3) is 0 Å². The minimum Gasteiger partial charge on any atom is -0.459 e. The van der Waals surface area contributed by atoms with Crippen LogP contribution in [0.5, 0.6) is 0 Å². The van der Waals surface area contributed by atoms with Crippen LogP contribution in [0, 0.1) is 0 Å². The van der Waals surface area contributed by atoms with E-state index >= 15 is 0 Å².